The molecule has 1 N–H and O–H groups in total. The number of amides is 1. The summed E-state index contributed by atoms with van der Waals surface area (Å²) in [7, 11) is 1.59. The molecule has 0 fully saturated rings. The molecule has 2 aromatic carbocycles. The highest BCUT2D eigenvalue weighted by molar-refractivity contribution is 7.99. The number of benzene rings is 2. The predicted molar refractivity (Wildman–Crippen MR) is 126 cm³/mol. The highest BCUT2D eigenvalue weighted by Gasteiger charge is 2.18. The average molecular weight is 472 g/mol. The lowest BCUT2D eigenvalue weighted by atomic mass is 10.2. The maximum atomic E-state index is 12.5. The zero-order valence-corrected chi connectivity index (χ0v) is 18.9. The number of halogens is 1. The maximum absolute atomic E-state index is 12.5. The third-order valence-corrected chi connectivity index (χ3v) is 6.46. The Kier molecular flexibility index (Phi) is 6.55. The molecule has 1 amide bonds. The topological polar surface area (TPSA) is 81.9 Å². The summed E-state index contributed by atoms with van der Waals surface area (Å²) in [4.78, 5) is 16.9. The lowest BCUT2D eigenvalue weighted by Crippen LogP contribution is -2.14. The molecule has 0 aliphatic heterocycles. The fourth-order valence-electron chi connectivity index (χ4n) is 2.95. The van der Waals surface area contributed by atoms with E-state index in [0.29, 0.717) is 33.4 Å². The van der Waals surface area contributed by atoms with Gasteiger partial charge in [0.15, 0.2) is 16.1 Å². The summed E-state index contributed by atoms with van der Waals surface area (Å²) in [6.07, 6.45) is 1.75. The SMILES string of the molecule is C=CCn1c(SCC(=O)Nc2nc3ccccc3s2)nnc1-c1cc(Cl)ccc1OC. The van der Waals surface area contributed by atoms with Gasteiger partial charge in [-0.25, -0.2) is 4.98 Å². The normalized spacial score (nSPS) is 10.9. The Bertz CT molecular complexity index is 1220. The van der Waals surface area contributed by atoms with Gasteiger partial charge in [0.1, 0.15) is 5.75 Å². The standard InChI is InChI=1S/C21H18ClN5O2S2/c1-3-10-27-19(14-11-13(22)8-9-16(14)29-2)25-26-21(27)30-12-18(28)24-20-23-15-6-4-5-7-17(15)31-20/h3-9,11H,1,10,12H2,2H3,(H,23,24,28). The van der Waals surface area contributed by atoms with E-state index in [2.05, 4.69) is 27.1 Å². The summed E-state index contributed by atoms with van der Waals surface area (Å²) in [6, 6.07) is 13.1. The van der Waals surface area contributed by atoms with Gasteiger partial charge >= 0.3 is 0 Å². The molecule has 158 valence electrons. The largest absolute Gasteiger partial charge is 0.496 e. The molecule has 4 rings (SSSR count). The van der Waals surface area contributed by atoms with Gasteiger partial charge in [0.2, 0.25) is 5.91 Å². The van der Waals surface area contributed by atoms with Gasteiger partial charge in [-0.3, -0.25) is 9.36 Å². The first-order valence-corrected chi connectivity index (χ1v) is 11.4. The van der Waals surface area contributed by atoms with Gasteiger partial charge in [0.05, 0.1) is 28.6 Å². The number of anilines is 1. The molecule has 31 heavy (non-hydrogen) atoms. The van der Waals surface area contributed by atoms with Crippen LogP contribution in [0.2, 0.25) is 5.02 Å². The van der Waals surface area contributed by atoms with Gasteiger partial charge in [-0.15, -0.1) is 16.8 Å². The summed E-state index contributed by atoms with van der Waals surface area (Å²) in [6.45, 7) is 4.29. The molecule has 0 aliphatic rings. The van der Waals surface area contributed by atoms with Crippen LogP contribution in [0, 0.1) is 0 Å². The molecule has 0 unspecified atom stereocenters. The molecular formula is C21H18ClN5O2S2. The Morgan fingerprint density at radius 3 is 2.94 bits per heavy atom. The molecule has 2 aromatic heterocycles. The molecule has 0 atom stereocenters. The average Bonchev–Trinajstić information content (AvgIpc) is 3.35. The van der Waals surface area contributed by atoms with Crippen LogP contribution in [0.15, 0.2) is 60.3 Å². The first kappa shape index (κ1) is 21.4. The van der Waals surface area contributed by atoms with Crippen molar-refractivity contribution in [3.8, 4) is 17.1 Å². The summed E-state index contributed by atoms with van der Waals surface area (Å²) in [5.74, 6) is 1.22. The molecular weight excluding hydrogens is 454 g/mol. The van der Waals surface area contributed by atoms with Crippen molar-refractivity contribution < 1.29 is 9.53 Å². The first-order valence-electron chi connectivity index (χ1n) is 9.25. The quantitative estimate of drug-likeness (QED) is 0.283. The molecule has 0 saturated heterocycles. The van der Waals surface area contributed by atoms with Gasteiger partial charge in [-0.05, 0) is 30.3 Å². The van der Waals surface area contributed by atoms with Crippen molar-refractivity contribution in [2.24, 2.45) is 0 Å². The van der Waals surface area contributed by atoms with E-state index in [1.807, 2.05) is 28.8 Å². The minimum Gasteiger partial charge on any atom is -0.496 e. The second kappa shape index (κ2) is 9.51. The van der Waals surface area contributed by atoms with E-state index in [4.69, 9.17) is 16.3 Å². The summed E-state index contributed by atoms with van der Waals surface area (Å²) in [5, 5.41) is 13.2. The highest BCUT2D eigenvalue weighted by atomic mass is 35.5. The number of aromatic nitrogens is 4. The van der Waals surface area contributed by atoms with Crippen LogP contribution in [-0.2, 0) is 11.3 Å². The highest BCUT2D eigenvalue weighted by Crippen LogP contribution is 2.33. The maximum Gasteiger partial charge on any atom is 0.236 e. The van der Waals surface area contributed by atoms with Crippen LogP contribution in [0.1, 0.15) is 0 Å². The smallest absolute Gasteiger partial charge is 0.236 e. The van der Waals surface area contributed by atoms with Crippen LogP contribution in [-0.4, -0.2) is 38.5 Å². The number of ether oxygens (including phenoxy) is 1. The number of hydrogen-bond donors (Lipinski definition) is 1. The van der Waals surface area contributed by atoms with E-state index in [-0.39, 0.29) is 11.7 Å². The number of carbonyl (C=O) groups excluding carboxylic acids is 1. The second-order valence-electron chi connectivity index (χ2n) is 6.37. The van der Waals surface area contributed by atoms with Crippen LogP contribution in [0.25, 0.3) is 21.6 Å². The van der Waals surface area contributed by atoms with E-state index in [1.54, 1.807) is 31.4 Å². The van der Waals surface area contributed by atoms with E-state index < -0.39 is 0 Å². The van der Waals surface area contributed by atoms with E-state index in [1.165, 1.54) is 23.1 Å². The Morgan fingerprint density at radius 1 is 1.32 bits per heavy atom. The van der Waals surface area contributed by atoms with Crippen molar-refractivity contribution in [3.63, 3.8) is 0 Å². The van der Waals surface area contributed by atoms with Crippen molar-refractivity contribution >= 4 is 56.0 Å². The van der Waals surface area contributed by atoms with Gasteiger partial charge < -0.3 is 10.1 Å². The lowest BCUT2D eigenvalue weighted by Gasteiger charge is -2.11. The minimum absolute atomic E-state index is 0.165. The number of nitrogens with zero attached hydrogens (tertiary/aromatic N) is 4. The molecule has 7 nitrogen and oxygen atoms in total. The van der Waals surface area contributed by atoms with E-state index in [0.717, 1.165) is 15.8 Å². The van der Waals surface area contributed by atoms with Crippen LogP contribution >= 0.6 is 34.7 Å². The number of hydrogen-bond acceptors (Lipinski definition) is 7. The Balaban J connectivity index is 1.51. The van der Waals surface area contributed by atoms with Crippen LogP contribution in [0.5, 0.6) is 5.75 Å². The number of thioether (sulfide) groups is 1. The number of methoxy groups -OCH3 is 1. The van der Waals surface area contributed by atoms with Crippen LogP contribution in [0.4, 0.5) is 5.13 Å². The van der Waals surface area contributed by atoms with Gasteiger partial charge in [-0.1, -0.05) is 52.9 Å². The predicted octanol–water partition coefficient (Wildman–Crippen LogP) is 5.13. The van der Waals surface area contributed by atoms with Gasteiger partial charge in [0.25, 0.3) is 0 Å². The first-order chi connectivity index (χ1) is 15.1. The number of carbonyl (C=O) groups is 1. The molecule has 0 aliphatic carbocycles. The Hall–Kier alpha value is -2.88. The van der Waals surface area contributed by atoms with E-state index >= 15 is 0 Å². The Labute approximate surface area is 192 Å². The number of fused-ring (bicyclic) bond motifs is 1. The third-order valence-electron chi connectivity index (χ3n) is 4.30. The summed E-state index contributed by atoms with van der Waals surface area (Å²) in [5.41, 5.74) is 1.58. The van der Waals surface area contributed by atoms with Crippen molar-refractivity contribution in [3.05, 3.63) is 60.1 Å². The summed E-state index contributed by atoms with van der Waals surface area (Å²) >= 11 is 8.90. The number of rotatable bonds is 8. The molecule has 0 radical (unpaired) electrons. The van der Waals surface area contributed by atoms with E-state index in [9.17, 15) is 4.79 Å². The number of thiazole rings is 1. The fourth-order valence-corrected chi connectivity index (χ4v) is 4.76. The number of allylic oxidation sites excluding steroid dienone is 1. The molecule has 10 heteroatoms. The van der Waals surface area contributed by atoms with Gasteiger partial charge in [-0.2, -0.15) is 0 Å². The number of nitrogens with one attached hydrogen (secondary N) is 1. The second-order valence-corrected chi connectivity index (χ2v) is 8.78. The lowest BCUT2D eigenvalue weighted by molar-refractivity contribution is -0.113. The van der Waals surface area contributed by atoms with Crippen molar-refractivity contribution in [2.45, 2.75) is 11.7 Å². The van der Waals surface area contributed by atoms with Crippen LogP contribution < -0.4 is 10.1 Å². The number of para-hydroxylation sites is 1. The molecule has 0 bridgehead atoms. The minimum atomic E-state index is -0.168. The molecule has 4 aromatic rings. The zero-order valence-electron chi connectivity index (χ0n) is 16.5. The van der Waals surface area contributed by atoms with Crippen molar-refractivity contribution in [2.75, 3.05) is 18.2 Å². The zero-order chi connectivity index (χ0) is 21.8. The van der Waals surface area contributed by atoms with Crippen molar-refractivity contribution in [1.82, 2.24) is 19.7 Å². The fraction of sp³-hybridized carbons (Fsp3) is 0.143. The monoisotopic (exact) mass is 471 g/mol. The molecule has 0 spiro atoms. The van der Waals surface area contributed by atoms with Crippen molar-refractivity contribution in [1.29, 1.82) is 0 Å². The van der Waals surface area contributed by atoms with Gasteiger partial charge in [0, 0.05) is 11.6 Å². The molecule has 2 heterocycles. The Morgan fingerprint density at radius 2 is 2.16 bits per heavy atom. The third kappa shape index (κ3) is 4.73. The summed E-state index contributed by atoms with van der Waals surface area (Å²) < 4.78 is 8.34. The molecule has 0 saturated carbocycles. The van der Waals surface area contributed by atoms with Crippen LogP contribution in [0.3, 0.4) is 0 Å².